The van der Waals surface area contributed by atoms with E-state index in [0.29, 0.717) is 6.61 Å². The van der Waals surface area contributed by atoms with E-state index >= 15 is 0 Å². The molecule has 2 aromatic rings. The number of hydrogen-bond acceptors (Lipinski definition) is 3. The van der Waals surface area contributed by atoms with Crippen molar-refractivity contribution in [1.29, 1.82) is 0 Å². The van der Waals surface area contributed by atoms with E-state index in [4.69, 9.17) is 4.74 Å². The first-order valence-corrected chi connectivity index (χ1v) is 8.37. The average Bonchev–Trinajstić information content (AvgIpc) is 2.63. The second kappa shape index (κ2) is 7.93. The molecule has 0 radical (unpaired) electrons. The lowest BCUT2D eigenvalue weighted by molar-refractivity contribution is 0.0730. The van der Waals surface area contributed by atoms with E-state index in [9.17, 15) is 4.79 Å². The van der Waals surface area contributed by atoms with E-state index in [1.807, 2.05) is 37.4 Å². The van der Waals surface area contributed by atoms with E-state index in [1.165, 1.54) is 0 Å². The Kier molecular flexibility index (Phi) is 5.43. The number of aromatic nitrogens is 1. The van der Waals surface area contributed by atoms with Crippen LogP contribution in [0.5, 0.6) is 0 Å². The van der Waals surface area contributed by atoms with Crippen LogP contribution in [-0.4, -0.2) is 30.3 Å². The molecule has 5 nitrogen and oxygen atoms in total. The number of carbonyl (C=O) groups is 1. The van der Waals surface area contributed by atoms with Crippen LogP contribution in [0, 0.1) is 0 Å². The maximum Gasteiger partial charge on any atom is 0.315 e. The number of urea groups is 1. The van der Waals surface area contributed by atoms with E-state index in [0.717, 1.165) is 36.1 Å². The highest BCUT2D eigenvalue weighted by molar-refractivity contribution is 5.74. The molecule has 1 aliphatic rings. The fourth-order valence-corrected chi connectivity index (χ4v) is 2.86. The molecule has 0 saturated carbocycles. The summed E-state index contributed by atoms with van der Waals surface area (Å²) in [5.74, 6) is 0. The quantitative estimate of drug-likeness (QED) is 0.907. The average molecular weight is 325 g/mol. The highest BCUT2D eigenvalue weighted by atomic mass is 16.5. The molecule has 0 bridgehead atoms. The molecule has 0 spiro atoms. The van der Waals surface area contributed by atoms with E-state index in [-0.39, 0.29) is 18.1 Å². The molecule has 24 heavy (non-hydrogen) atoms. The van der Waals surface area contributed by atoms with Crippen LogP contribution >= 0.6 is 0 Å². The van der Waals surface area contributed by atoms with Gasteiger partial charge in [0.2, 0.25) is 0 Å². The predicted octanol–water partition coefficient (Wildman–Crippen LogP) is 3.29. The SMILES string of the molecule is C[C@@H](NC(=O)N[C@@H]1CCCOC1)c1ccc(-c2cccnc2)cc1. The zero-order valence-corrected chi connectivity index (χ0v) is 13.9. The van der Waals surface area contributed by atoms with E-state index in [1.54, 1.807) is 6.20 Å². The highest BCUT2D eigenvalue weighted by Crippen LogP contribution is 2.21. The standard InChI is InChI=1S/C19H23N3O2/c1-14(21-19(23)22-18-5-3-11-24-13-18)15-6-8-16(9-7-15)17-4-2-10-20-12-17/h2,4,6-10,12,14,18H,3,5,11,13H2,1H3,(H2,21,22,23)/t14-,18-/m1/s1. The number of rotatable bonds is 4. The molecule has 0 aliphatic carbocycles. The van der Waals surface area contributed by atoms with Crippen molar-refractivity contribution in [2.75, 3.05) is 13.2 Å². The molecule has 0 unspecified atom stereocenters. The molecular formula is C19H23N3O2. The van der Waals surface area contributed by atoms with Crippen molar-refractivity contribution in [3.63, 3.8) is 0 Å². The summed E-state index contributed by atoms with van der Waals surface area (Å²) in [7, 11) is 0. The molecule has 1 fully saturated rings. The van der Waals surface area contributed by atoms with E-state index in [2.05, 4.69) is 27.8 Å². The lowest BCUT2D eigenvalue weighted by Gasteiger charge is -2.24. The minimum absolute atomic E-state index is 0.0579. The molecule has 126 valence electrons. The Morgan fingerprint density at radius 3 is 2.75 bits per heavy atom. The first-order chi connectivity index (χ1) is 11.7. The monoisotopic (exact) mass is 325 g/mol. The van der Waals surface area contributed by atoms with Gasteiger partial charge in [0.25, 0.3) is 0 Å². The van der Waals surface area contributed by atoms with Gasteiger partial charge in [0.05, 0.1) is 18.7 Å². The second-order valence-corrected chi connectivity index (χ2v) is 6.12. The lowest BCUT2D eigenvalue weighted by Crippen LogP contribution is -2.46. The number of carbonyl (C=O) groups excluding carboxylic acids is 1. The van der Waals surface area contributed by atoms with Crippen molar-refractivity contribution in [1.82, 2.24) is 15.6 Å². The van der Waals surface area contributed by atoms with E-state index < -0.39 is 0 Å². The number of hydrogen-bond donors (Lipinski definition) is 2. The summed E-state index contributed by atoms with van der Waals surface area (Å²) in [6.45, 7) is 3.37. The number of nitrogens with one attached hydrogen (secondary N) is 2. The third-order valence-electron chi connectivity index (χ3n) is 4.25. The van der Waals surface area contributed by atoms with Crippen molar-refractivity contribution >= 4 is 6.03 Å². The Hall–Kier alpha value is -2.40. The molecule has 2 N–H and O–H groups in total. The van der Waals surface area contributed by atoms with Crippen molar-refractivity contribution < 1.29 is 9.53 Å². The Balaban J connectivity index is 1.56. The summed E-state index contributed by atoms with van der Waals surface area (Å²) in [5.41, 5.74) is 3.26. The Labute approximate surface area is 142 Å². The molecule has 2 heterocycles. The third-order valence-corrected chi connectivity index (χ3v) is 4.25. The van der Waals surface area contributed by atoms with Gasteiger partial charge in [-0.1, -0.05) is 30.3 Å². The van der Waals surface area contributed by atoms with Crippen LogP contribution in [0.25, 0.3) is 11.1 Å². The zero-order valence-electron chi connectivity index (χ0n) is 13.9. The molecule has 1 aliphatic heterocycles. The molecule has 1 aromatic carbocycles. The fourth-order valence-electron chi connectivity index (χ4n) is 2.86. The summed E-state index contributed by atoms with van der Waals surface area (Å²) in [6, 6.07) is 12.0. The zero-order chi connectivity index (χ0) is 16.8. The van der Waals surface area contributed by atoms with Gasteiger partial charge in [-0.2, -0.15) is 0 Å². The third kappa shape index (κ3) is 4.32. The first-order valence-electron chi connectivity index (χ1n) is 8.37. The van der Waals surface area contributed by atoms with Crippen molar-refractivity contribution in [2.24, 2.45) is 0 Å². The number of ether oxygens (including phenoxy) is 1. The number of benzene rings is 1. The van der Waals surface area contributed by atoms with Crippen LogP contribution in [0.1, 0.15) is 31.4 Å². The normalized spacial score (nSPS) is 18.6. The molecule has 1 aromatic heterocycles. The largest absolute Gasteiger partial charge is 0.379 e. The van der Waals surface area contributed by atoms with Gasteiger partial charge in [0.1, 0.15) is 0 Å². The van der Waals surface area contributed by atoms with Gasteiger partial charge in [-0.25, -0.2) is 4.79 Å². The molecule has 1 saturated heterocycles. The number of nitrogens with zero attached hydrogens (tertiary/aromatic N) is 1. The lowest BCUT2D eigenvalue weighted by atomic mass is 10.0. The first kappa shape index (κ1) is 16.5. The van der Waals surface area contributed by atoms with Crippen LogP contribution < -0.4 is 10.6 Å². The van der Waals surface area contributed by atoms with Crippen molar-refractivity contribution in [3.8, 4) is 11.1 Å². The van der Waals surface area contributed by atoms with Gasteiger partial charge >= 0.3 is 6.03 Å². The van der Waals surface area contributed by atoms with Crippen LogP contribution in [-0.2, 0) is 4.74 Å². The summed E-state index contributed by atoms with van der Waals surface area (Å²) >= 11 is 0. The van der Waals surface area contributed by atoms with Gasteiger partial charge in [-0.3, -0.25) is 4.98 Å². The molecular weight excluding hydrogens is 302 g/mol. The maximum absolute atomic E-state index is 12.1. The fraction of sp³-hybridized carbons (Fsp3) is 0.368. The van der Waals surface area contributed by atoms with Crippen molar-refractivity contribution in [2.45, 2.75) is 31.8 Å². The summed E-state index contributed by atoms with van der Waals surface area (Å²) in [6.07, 6.45) is 5.58. The van der Waals surface area contributed by atoms with Gasteiger partial charge in [0.15, 0.2) is 0 Å². The Bertz CT molecular complexity index is 652. The molecule has 2 amide bonds. The van der Waals surface area contributed by atoms with Gasteiger partial charge in [-0.15, -0.1) is 0 Å². The summed E-state index contributed by atoms with van der Waals surface area (Å²) in [4.78, 5) is 16.2. The predicted molar refractivity (Wildman–Crippen MR) is 93.6 cm³/mol. The number of pyridine rings is 1. The van der Waals surface area contributed by atoms with Gasteiger partial charge in [0, 0.05) is 19.0 Å². The minimum Gasteiger partial charge on any atom is -0.379 e. The van der Waals surface area contributed by atoms with Crippen LogP contribution in [0.15, 0.2) is 48.8 Å². The number of amides is 2. The molecule has 2 atom stereocenters. The summed E-state index contributed by atoms with van der Waals surface area (Å²) < 4.78 is 5.38. The van der Waals surface area contributed by atoms with Gasteiger partial charge in [-0.05, 0) is 42.5 Å². The molecule has 5 heteroatoms. The highest BCUT2D eigenvalue weighted by Gasteiger charge is 2.17. The second-order valence-electron chi connectivity index (χ2n) is 6.12. The van der Waals surface area contributed by atoms with Crippen LogP contribution in [0.4, 0.5) is 4.79 Å². The smallest absolute Gasteiger partial charge is 0.315 e. The van der Waals surface area contributed by atoms with Crippen LogP contribution in [0.3, 0.4) is 0 Å². The molecule has 3 rings (SSSR count). The van der Waals surface area contributed by atoms with Gasteiger partial charge < -0.3 is 15.4 Å². The van der Waals surface area contributed by atoms with Crippen LogP contribution in [0.2, 0.25) is 0 Å². The summed E-state index contributed by atoms with van der Waals surface area (Å²) in [5, 5.41) is 5.96. The minimum atomic E-state index is -0.144. The van der Waals surface area contributed by atoms with Crippen molar-refractivity contribution in [3.05, 3.63) is 54.4 Å². The maximum atomic E-state index is 12.1. The Morgan fingerprint density at radius 1 is 1.25 bits per heavy atom. The topological polar surface area (TPSA) is 63.2 Å². The Morgan fingerprint density at radius 2 is 2.08 bits per heavy atom.